The summed E-state index contributed by atoms with van der Waals surface area (Å²) in [5.41, 5.74) is 0. The van der Waals surface area contributed by atoms with E-state index in [4.69, 9.17) is 9.84 Å². The average Bonchev–Trinajstić information content (AvgIpc) is 2.29. The fraction of sp³-hybridized carbons (Fsp3) is 0.833. The number of piperidine rings is 1. The van der Waals surface area contributed by atoms with E-state index < -0.39 is 5.97 Å². The van der Waals surface area contributed by atoms with Crippen molar-refractivity contribution in [1.82, 2.24) is 4.90 Å². The summed E-state index contributed by atoms with van der Waals surface area (Å²) >= 11 is 0. The summed E-state index contributed by atoms with van der Waals surface area (Å²) in [6, 6.07) is 0. The van der Waals surface area contributed by atoms with Crippen molar-refractivity contribution in [2.24, 2.45) is 5.92 Å². The minimum atomic E-state index is -0.749. The lowest BCUT2D eigenvalue weighted by Gasteiger charge is -2.31. The number of carbonyl (C=O) groups is 2. The number of carbonyl (C=O) groups excluding carboxylic acids is 1. The zero-order valence-corrected chi connectivity index (χ0v) is 10.4. The Labute approximate surface area is 102 Å². The molecule has 1 saturated heterocycles. The third-order valence-corrected chi connectivity index (χ3v) is 3.00. The second kappa shape index (κ2) is 7.27. The zero-order valence-electron chi connectivity index (χ0n) is 10.4. The van der Waals surface area contributed by atoms with Gasteiger partial charge in [-0.1, -0.05) is 6.92 Å². The number of likely N-dealkylation sites (tertiary alicyclic amines) is 1. The molecular weight excluding hydrogens is 222 g/mol. The van der Waals surface area contributed by atoms with Crippen molar-refractivity contribution < 1.29 is 19.4 Å². The highest BCUT2D eigenvalue weighted by molar-refractivity contribution is 5.77. The summed E-state index contributed by atoms with van der Waals surface area (Å²) in [4.78, 5) is 24.0. The Kier molecular flexibility index (Phi) is 5.97. The fourth-order valence-corrected chi connectivity index (χ4v) is 2.03. The Morgan fingerprint density at radius 3 is 2.53 bits per heavy atom. The van der Waals surface area contributed by atoms with Crippen LogP contribution in [0.5, 0.6) is 0 Å². The smallest absolute Gasteiger partial charge is 0.303 e. The van der Waals surface area contributed by atoms with Crippen LogP contribution >= 0.6 is 0 Å². The van der Waals surface area contributed by atoms with Gasteiger partial charge in [0.15, 0.2) is 0 Å². The van der Waals surface area contributed by atoms with Gasteiger partial charge in [-0.3, -0.25) is 9.59 Å². The highest BCUT2D eigenvalue weighted by atomic mass is 16.5. The number of carboxylic acid groups (broad SMARTS) is 1. The van der Waals surface area contributed by atoms with Gasteiger partial charge in [-0.2, -0.15) is 0 Å². The van der Waals surface area contributed by atoms with Crippen molar-refractivity contribution >= 4 is 11.9 Å². The summed E-state index contributed by atoms with van der Waals surface area (Å²) < 4.78 is 5.20. The molecule has 1 amide bonds. The monoisotopic (exact) mass is 243 g/mol. The van der Waals surface area contributed by atoms with Crippen LogP contribution in [0.1, 0.15) is 32.6 Å². The number of ether oxygens (including phenoxy) is 1. The molecule has 1 rings (SSSR count). The number of rotatable bonds is 6. The van der Waals surface area contributed by atoms with Crippen LogP contribution in [-0.4, -0.2) is 48.2 Å². The maximum Gasteiger partial charge on any atom is 0.303 e. The molecule has 0 unspecified atom stereocenters. The first-order chi connectivity index (χ1) is 8.13. The van der Waals surface area contributed by atoms with Gasteiger partial charge < -0.3 is 14.7 Å². The number of hydrogen-bond donors (Lipinski definition) is 1. The Morgan fingerprint density at radius 2 is 2.00 bits per heavy atom. The molecule has 0 spiro atoms. The van der Waals surface area contributed by atoms with E-state index in [1.807, 2.05) is 6.92 Å². The lowest BCUT2D eigenvalue weighted by atomic mass is 9.94. The molecule has 1 aliphatic rings. The predicted molar refractivity (Wildman–Crippen MR) is 62.7 cm³/mol. The highest BCUT2D eigenvalue weighted by Gasteiger charge is 2.23. The number of hydrogen-bond acceptors (Lipinski definition) is 3. The molecule has 0 saturated carbocycles. The van der Waals surface area contributed by atoms with Crippen LogP contribution in [0.2, 0.25) is 0 Å². The number of nitrogens with zero attached hydrogens (tertiary/aromatic N) is 1. The molecule has 0 atom stereocenters. The minimum absolute atomic E-state index is 0.0206. The van der Waals surface area contributed by atoms with Crippen LogP contribution in [-0.2, 0) is 14.3 Å². The number of amides is 1. The average molecular weight is 243 g/mol. The summed E-state index contributed by atoms with van der Waals surface area (Å²) in [6.07, 6.45) is 2.69. The van der Waals surface area contributed by atoms with E-state index in [9.17, 15) is 9.59 Å². The van der Waals surface area contributed by atoms with Crippen LogP contribution in [0.25, 0.3) is 0 Å². The molecule has 98 valence electrons. The van der Waals surface area contributed by atoms with Gasteiger partial charge in [-0.25, -0.2) is 0 Å². The van der Waals surface area contributed by atoms with Gasteiger partial charge in [0.25, 0.3) is 0 Å². The van der Waals surface area contributed by atoms with Crippen molar-refractivity contribution in [3.05, 3.63) is 0 Å². The van der Waals surface area contributed by atoms with Crippen LogP contribution in [0, 0.1) is 5.92 Å². The normalized spacial score (nSPS) is 17.1. The Hall–Kier alpha value is -1.10. The Morgan fingerprint density at radius 1 is 1.35 bits per heavy atom. The van der Waals surface area contributed by atoms with Crippen LogP contribution in [0.3, 0.4) is 0 Å². The molecule has 0 radical (unpaired) electrons. The number of carboxylic acids is 1. The molecule has 0 aromatic carbocycles. The van der Waals surface area contributed by atoms with Crippen LogP contribution in [0.4, 0.5) is 0 Å². The Bertz CT molecular complexity index is 259. The van der Waals surface area contributed by atoms with Crippen molar-refractivity contribution in [3.63, 3.8) is 0 Å². The number of aliphatic carboxylic acids is 1. The van der Waals surface area contributed by atoms with E-state index in [1.54, 1.807) is 4.90 Å². The van der Waals surface area contributed by atoms with Gasteiger partial charge in [-0.15, -0.1) is 0 Å². The first-order valence-corrected chi connectivity index (χ1v) is 6.20. The molecule has 1 fully saturated rings. The van der Waals surface area contributed by atoms with Gasteiger partial charge >= 0.3 is 5.97 Å². The lowest BCUT2D eigenvalue weighted by Crippen LogP contribution is -2.40. The van der Waals surface area contributed by atoms with Crippen LogP contribution in [0.15, 0.2) is 0 Å². The van der Waals surface area contributed by atoms with Gasteiger partial charge in [0.1, 0.15) is 6.61 Å². The van der Waals surface area contributed by atoms with E-state index in [0.717, 1.165) is 19.3 Å². The Balaban J connectivity index is 2.21. The van der Waals surface area contributed by atoms with E-state index in [1.165, 1.54) is 0 Å². The van der Waals surface area contributed by atoms with Gasteiger partial charge in [0, 0.05) is 26.1 Å². The molecule has 0 aliphatic carbocycles. The van der Waals surface area contributed by atoms with E-state index >= 15 is 0 Å². The molecule has 1 N–H and O–H groups in total. The standard InChI is InChI=1S/C12H21NO4/c1-2-7-17-9-11(14)13-5-3-10(4-6-13)8-12(15)16/h10H,2-9H2,1H3,(H,15,16). The second-order valence-electron chi connectivity index (χ2n) is 4.47. The molecule has 0 bridgehead atoms. The largest absolute Gasteiger partial charge is 0.481 e. The molecule has 1 heterocycles. The van der Waals surface area contributed by atoms with Crippen LogP contribution < -0.4 is 0 Å². The third kappa shape index (κ3) is 5.17. The van der Waals surface area contributed by atoms with Crippen molar-refractivity contribution in [1.29, 1.82) is 0 Å². The second-order valence-corrected chi connectivity index (χ2v) is 4.47. The highest BCUT2D eigenvalue weighted by Crippen LogP contribution is 2.20. The summed E-state index contributed by atoms with van der Waals surface area (Å²) in [5.74, 6) is -0.513. The van der Waals surface area contributed by atoms with Crippen molar-refractivity contribution in [2.45, 2.75) is 32.6 Å². The molecule has 5 nitrogen and oxygen atoms in total. The third-order valence-electron chi connectivity index (χ3n) is 3.00. The SMILES string of the molecule is CCCOCC(=O)N1CCC(CC(=O)O)CC1. The predicted octanol–water partition coefficient (Wildman–Crippen LogP) is 1.13. The molecular formula is C12H21NO4. The molecule has 5 heteroatoms. The zero-order chi connectivity index (χ0) is 12.7. The molecule has 0 aromatic heterocycles. The maximum atomic E-state index is 11.7. The molecule has 0 aromatic rings. The van der Waals surface area contributed by atoms with E-state index in [0.29, 0.717) is 19.7 Å². The van der Waals surface area contributed by atoms with Gasteiger partial charge in [0.2, 0.25) is 5.91 Å². The maximum absolute atomic E-state index is 11.7. The first-order valence-electron chi connectivity index (χ1n) is 6.20. The van der Waals surface area contributed by atoms with Gasteiger partial charge in [-0.05, 0) is 25.2 Å². The topological polar surface area (TPSA) is 66.8 Å². The van der Waals surface area contributed by atoms with Gasteiger partial charge in [0.05, 0.1) is 0 Å². The van der Waals surface area contributed by atoms with Crippen molar-refractivity contribution in [2.75, 3.05) is 26.3 Å². The van der Waals surface area contributed by atoms with E-state index in [-0.39, 0.29) is 24.9 Å². The van der Waals surface area contributed by atoms with E-state index in [2.05, 4.69) is 0 Å². The lowest BCUT2D eigenvalue weighted by molar-refractivity contribution is -0.139. The summed E-state index contributed by atoms with van der Waals surface area (Å²) in [7, 11) is 0. The van der Waals surface area contributed by atoms with Crippen molar-refractivity contribution in [3.8, 4) is 0 Å². The quantitative estimate of drug-likeness (QED) is 0.710. The first kappa shape index (κ1) is 14.0. The minimum Gasteiger partial charge on any atom is -0.481 e. The fourth-order valence-electron chi connectivity index (χ4n) is 2.03. The molecule has 1 aliphatic heterocycles. The molecule has 17 heavy (non-hydrogen) atoms. The summed E-state index contributed by atoms with van der Waals surface area (Å²) in [5, 5.41) is 8.68. The summed E-state index contributed by atoms with van der Waals surface area (Å²) in [6.45, 7) is 4.08.